The summed E-state index contributed by atoms with van der Waals surface area (Å²) in [6, 6.07) is 14.1. The highest BCUT2D eigenvalue weighted by atomic mass is 127. The second kappa shape index (κ2) is 13.5. The number of halogens is 1. The van der Waals surface area contributed by atoms with E-state index in [1.54, 1.807) is 26.2 Å². The van der Waals surface area contributed by atoms with Crippen molar-refractivity contribution in [1.29, 1.82) is 0 Å². The molecule has 1 amide bonds. The molecular formula is C22H30IN5O4. The Balaban J connectivity index is 0.00000512. The first-order valence-electron chi connectivity index (χ1n) is 9.94. The Hall–Kier alpha value is -2.89. The van der Waals surface area contributed by atoms with Gasteiger partial charge in [0.1, 0.15) is 5.75 Å². The number of ether oxygens (including phenoxy) is 1. The molecule has 1 N–H and O–H groups in total. The van der Waals surface area contributed by atoms with Crippen LogP contribution in [0.5, 0.6) is 5.75 Å². The van der Waals surface area contributed by atoms with Gasteiger partial charge < -0.3 is 19.9 Å². The Morgan fingerprint density at radius 3 is 2.19 bits per heavy atom. The monoisotopic (exact) mass is 555 g/mol. The second-order valence-electron chi connectivity index (χ2n) is 7.14. The number of benzene rings is 2. The summed E-state index contributed by atoms with van der Waals surface area (Å²) in [5.74, 6) is 1.30. The van der Waals surface area contributed by atoms with E-state index in [0.29, 0.717) is 25.7 Å². The van der Waals surface area contributed by atoms with Crippen LogP contribution in [0.25, 0.3) is 0 Å². The summed E-state index contributed by atoms with van der Waals surface area (Å²) in [5, 5.41) is 13.9. The van der Waals surface area contributed by atoms with Gasteiger partial charge >= 0.3 is 0 Å². The highest BCUT2D eigenvalue weighted by Gasteiger charge is 2.11. The van der Waals surface area contributed by atoms with Crippen LogP contribution < -0.4 is 10.1 Å². The van der Waals surface area contributed by atoms with Crippen LogP contribution in [0.1, 0.15) is 18.1 Å². The van der Waals surface area contributed by atoms with Crippen molar-refractivity contribution >= 4 is 41.5 Å². The predicted molar refractivity (Wildman–Crippen MR) is 135 cm³/mol. The van der Waals surface area contributed by atoms with Gasteiger partial charge in [-0.15, -0.1) is 24.0 Å². The molecule has 0 aliphatic rings. The molecule has 0 radical (unpaired) electrons. The molecule has 10 heteroatoms. The molecule has 0 bridgehead atoms. The molecule has 0 spiro atoms. The number of non-ortho nitro benzene ring substituents is 1. The van der Waals surface area contributed by atoms with Crippen molar-refractivity contribution in [3.05, 3.63) is 69.8 Å². The van der Waals surface area contributed by atoms with Crippen LogP contribution in [0.3, 0.4) is 0 Å². The number of nitrogens with zero attached hydrogens (tertiary/aromatic N) is 4. The molecular weight excluding hydrogens is 525 g/mol. The fourth-order valence-electron chi connectivity index (χ4n) is 2.72. The minimum absolute atomic E-state index is 0. The Labute approximate surface area is 205 Å². The average molecular weight is 555 g/mol. The minimum Gasteiger partial charge on any atom is -0.494 e. The van der Waals surface area contributed by atoms with Gasteiger partial charge in [0.15, 0.2) is 5.96 Å². The molecule has 0 heterocycles. The van der Waals surface area contributed by atoms with E-state index in [1.807, 2.05) is 43.1 Å². The Morgan fingerprint density at radius 1 is 1.06 bits per heavy atom. The molecule has 2 aromatic rings. The molecule has 0 unspecified atom stereocenters. The number of aliphatic imine (C=N–C) groups is 1. The molecule has 32 heavy (non-hydrogen) atoms. The van der Waals surface area contributed by atoms with Crippen LogP contribution in [-0.2, 0) is 17.9 Å². The van der Waals surface area contributed by atoms with Gasteiger partial charge in [-0.3, -0.25) is 14.9 Å². The zero-order chi connectivity index (χ0) is 22.8. The van der Waals surface area contributed by atoms with Crippen LogP contribution in [0.2, 0.25) is 0 Å². The van der Waals surface area contributed by atoms with E-state index in [4.69, 9.17) is 4.74 Å². The number of rotatable bonds is 9. The summed E-state index contributed by atoms with van der Waals surface area (Å²) in [6.07, 6.45) is 0. The van der Waals surface area contributed by atoms with Crippen molar-refractivity contribution in [3.63, 3.8) is 0 Å². The lowest BCUT2D eigenvalue weighted by atomic mass is 10.2. The van der Waals surface area contributed by atoms with E-state index in [0.717, 1.165) is 16.9 Å². The molecule has 2 rings (SSSR count). The summed E-state index contributed by atoms with van der Waals surface area (Å²) in [6.45, 7) is 3.57. The van der Waals surface area contributed by atoms with Gasteiger partial charge in [0.05, 0.1) is 24.6 Å². The summed E-state index contributed by atoms with van der Waals surface area (Å²) in [4.78, 5) is 30.4. The Kier molecular flexibility index (Phi) is 11.5. The molecule has 0 saturated heterocycles. The van der Waals surface area contributed by atoms with E-state index < -0.39 is 4.92 Å². The lowest BCUT2D eigenvalue weighted by Gasteiger charge is -2.23. The van der Waals surface area contributed by atoms with E-state index in [2.05, 4.69) is 10.3 Å². The van der Waals surface area contributed by atoms with Gasteiger partial charge in [0.25, 0.3) is 5.69 Å². The normalized spacial score (nSPS) is 10.7. The SMILES string of the molecule is CCOc1ccc(CN(C)C(=NCc2ccc([N+](=O)[O-])cc2)NCC(=O)N(C)C)cc1.I. The maximum atomic E-state index is 12.0. The lowest BCUT2D eigenvalue weighted by molar-refractivity contribution is -0.384. The van der Waals surface area contributed by atoms with Crippen molar-refractivity contribution in [2.45, 2.75) is 20.0 Å². The summed E-state index contributed by atoms with van der Waals surface area (Å²) in [7, 11) is 5.28. The maximum absolute atomic E-state index is 12.0. The zero-order valence-corrected chi connectivity index (χ0v) is 21.1. The van der Waals surface area contributed by atoms with Gasteiger partial charge in [0.2, 0.25) is 5.91 Å². The first kappa shape index (κ1) is 27.1. The molecule has 0 atom stereocenters. The summed E-state index contributed by atoms with van der Waals surface area (Å²) in [5.41, 5.74) is 1.93. The maximum Gasteiger partial charge on any atom is 0.269 e. The van der Waals surface area contributed by atoms with E-state index in [-0.39, 0.29) is 42.1 Å². The van der Waals surface area contributed by atoms with Gasteiger partial charge in [-0.05, 0) is 30.2 Å². The van der Waals surface area contributed by atoms with Crippen LogP contribution >= 0.6 is 24.0 Å². The van der Waals surface area contributed by atoms with Crippen molar-refractivity contribution in [2.24, 2.45) is 4.99 Å². The number of carbonyl (C=O) groups excluding carboxylic acids is 1. The van der Waals surface area contributed by atoms with E-state index in [1.165, 1.54) is 17.0 Å². The third kappa shape index (κ3) is 8.69. The largest absolute Gasteiger partial charge is 0.494 e. The molecule has 0 fully saturated rings. The van der Waals surface area contributed by atoms with Gasteiger partial charge in [-0.1, -0.05) is 24.3 Å². The highest BCUT2D eigenvalue weighted by molar-refractivity contribution is 14.0. The second-order valence-corrected chi connectivity index (χ2v) is 7.14. The molecule has 0 saturated carbocycles. The molecule has 2 aromatic carbocycles. The van der Waals surface area contributed by atoms with Crippen molar-refractivity contribution in [3.8, 4) is 5.75 Å². The van der Waals surface area contributed by atoms with Gasteiger partial charge in [-0.2, -0.15) is 0 Å². The Bertz CT molecular complexity index is 902. The smallest absolute Gasteiger partial charge is 0.269 e. The standard InChI is InChI=1S/C22H29N5O4.HI/c1-5-31-20-12-8-18(9-13-20)16-26(4)22(24-15-21(28)25(2)3)23-14-17-6-10-19(11-7-17)27(29)30;/h6-13H,5,14-16H2,1-4H3,(H,23,24);1H. The topological polar surface area (TPSA) is 100 Å². The molecule has 0 aliphatic heterocycles. The number of nitrogens with one attached hydrogen (secondary N) is 1. The number of guanidine groups is 1. The zero-order valence-electron chi connectivity index (χ0n) is 18.8. The van der Waals surface area contributed by atoms with Crippen LogP contribution in [0, 0.1) is 10.1 Å². The fourth-order valence-corrected chi connectivity index (χ4v) is 2.72. The third-order valence-electron chi connectivity index (χ3n) is 4.47. The molecule has 174 valence electrons. The average Bonchev–Trinajstić information content (AvgIpc) is 2.75. The number of amides is 1. The quantitative estimate of drug-likeness (QED) is 0.168. The predicted octanol–water partition coefficient (Wildman–Crippen LogP) is 3.28. The first-order chi connectivity index (χ1) is 14.8. The van der Waals surface area contributed by atoms with E-state index >= 15 is 0 Å². The van der Waals surface area contributed by atoms with Crippen molar-refractivity contribution < 1.29 is 14.5 Å². The van der Waals surface area contributed by atoms with E-state index in [9.17, 15) is 14.9 Å². The van der Waals surface area contributed by atoms with Crippen molar-refractivity contribution in [1.82, 2.24) is 15.1 Å². The van der Waals surface area contributed by atoms with Crippen molar-refractivity contribution in [2.75, 3.05) is 34.3 Å². The van der Waals surface area contributed by atoms with Gasteiger partial charge in [0, 0.05) is 39.8 Å². The number of nitro groups is 1. The number of likely N-dealkylation sites (N-methyl/N-ethyl adjacent to an activating group) is 1. The van der Waals surface area contributed by atoms with Gasteiger partial charge in [-0.25, -0.2) is 4.99 Å². The van der Waals surface area contributed by atoms with Crippen LogP contribution in [0.15, 0.2) is 53.5 Å². The number of nitro benzene ring substituents is 1. The minimum atomic E-state index is -0.433. The number of carbonyl (C=O) groups is 1. The summed E-state index contributed by atoms with van der Waals surface area (Å²) >= 11 is 0. The highest BCUT2D eigenvalue weighted by Crippen LogP contribution is 2.14. The van der Waals surface area contributed by atoms with Crippen LogP contribution in [-0.4, -0.2) is 60.9 Å². The fraction of sp³-hybridized carbons (Fsp3) is 0.364. The molecule has 9 nitrogen and oxygen atoms in total. The third-order valence-corrected chi connectivity index (χ3v) is 4.47. The number of hydrogen-bond donors (Lipinski definition) is 1. The first-order valence-corrected chi connectivity index (χ1v) is 9.94. The molecule has 0 aliphatic carbocycles. The molecule has 0 aromatic heterocycles. The summed E-state index contributed by atoms with van der Waals surface area (Å²) < 4.78 is 5.48. The number of hydrogen-bond acceptors (Lipinski definition) is 5. The van der Waals surface area contributed by atoms with Crippen LogP contribution in [0.4, 0.5) is 5.69 Å². The lowest BCUT2D eigenvalue weighted by Crippen LogP contribution is -2.43. The Morgan fingerprint density at radius 2 is 1.66 bits per heavy atom.